The lowest BCUT2D eigenvalue weighted by Gasteiger charge is -2.17. The van der Waals surface area contributed by atoms with E-state index in [1.54, 1.807) is 12.1 Å². The summed E-state index contributed by atoms with van der Waals surface area (Å²) >= 11 is 0. The van der Waals surface area contributed by atoms with Gasteiger partial charge in [-0.2, -0.15) is 0 Å². The monoisotopic (exact) mass is 224 g/mol. The van der Waals surface area contributed by atoms with Gasteiger partial charge in [0.15, 0.2) is 17.8 Å². The number of carbonyl (C=O) groups excluding carboxylic acids is 1. The van der Waals surface area contributed by atoms with Crippen molar-refractivity contribution in [1.29, 1.82) is 0 Å². The summed E-state index contributed by atoms with van der Waals surface area (Å²) in [6.07, 6.45) is 0.694. The first-order chi connectivity index (χ1) is 7.63. The van der Waals surface area contributed by atoms with Crippen LogP contribution < -0.4 is 14.2 Å². The van der Waals surface area contributed by atoms with Crippen LogP contribution in [0.5, 0.6) is 17.2 Å². The van der Waals surface area contributed by atoms with Gasteiger partial charge in [0.1, 0.15) is 0 Å². The molecule has 1 rings (SSSR count). The topological polar surface area (TPSA) is 44.8 Å². The highest BCUT2D eigenvalue weighted by Crippen LogP contribution is 2.39. The van der Waals surface area contributed by atoms with Crippen LogP contribution in [-0.4, -0.2) is 26.6 Å². The molecule has 0 saturated heterocycles. The van der Waals surface area contributed by atoms with Crippen molar-refractivity contribution in [3.63, 3.8) is 0 Å². The Balaban J connectivity index is 3.30. The molecule has 0 aromatic heterocycles. The summed E-state index contributed by atoms with van der Waals surface area (Å²) in [5, 5.41) is 0. The highest BCUT2D eigenvalue weighted by Gasteiger charge is 2.16. The molecule has 1 aromatic rings. The van der Waals surface area contributed by atoms with Gasteiger partial charge in [-0.15, -0.1) is 0 Å². The number of ether oxygens (including phenoxy) is 3. The lowest BCUT2D eigenvalue weighted by molar-refractivity contribution is 0.111. The number of hydrogen-bond acceptors (Lipinski definition) is 4. The number of carbonyl (C=O) groups is 1. The molecule has 0 unspecified atom stereocenters. The summed E-state index contributed by atoms with van der Waals surface area (Å²) in [6, 6.07) is 3.32. The summed E-state index contributed by atoms with van der Waals surface area (Å²) in [5.41, 5.74) is 0.450. The van der Waals surface area contributed by atoms with Crippen molar-refractivity contribution in [2.45, 2.75) is 20.0 Å². The first-order valence-corrected chi connectivity index (χ1v) is 5.00. The maximum Gasteiger partial charge on any atom is 0.204 e. The van der Waals surface area contributed by atoms with Gasteiger partial charge in [0.05, 0.1) is 25.9 Å². The minimum Gasteiger partial charge on any atom is -0.493 e. The quantitative estimate of drug-likeness (QED) is 0.720. The summed E-state index contributed by atoms with van der Waals surface area (Å²) in [6.45, 7) is 3.76. The molecule has 0 fully saturated rings. The van der Waals surface area contributed by atoms with Crippen molar-refractivity contribution in [2.75, 3.05) is 14.2 Å². The van der Waals surface area contributed by atoms with Gasteiger partial charge in [0.2, 0.25) is 5.75 Å². The van der Waals surface area contributed by atoms with E-state index in [4.69, 9.17) is 14.2 Å². The Morgan fingerprint density at radius 2 is 1.81 bits per heavy atom. The van der Waals surface area contributed by atoms with E-state index in [9.17, 15) is 4.79 Å². The Bertz CT molecular complexity index is 372. The number of benzene rings is 1. The van der Waals surface area contributed by atoms with Crippen molar-refractivity contribution < 1.29 is 19.0 Å². The Morgan fingerprint density at radius 1 is 1.12 bits per heavy atom. The minimum atomic E-state index is -0.0419. The average Bonchev–Trinajstić information content (AvgIpc) is 2.27. The fraction of sp³-hybridized carbons (Fsp3) is 0.417. The molecule has 0 bridgehead atoms. The molecular formula is C12H16O4. The molecule has 0 spiro atoms. The van der Waals surface area contributed by atoms with Crippen LogP contribution in [0.25, 0.3) is 0 Å². The van der Waals surface area contributed by atoms with Crippen LogP contribution in [0, 0.1) is 0 Å². The molecule has 0 aliphatic carbocycles. The molecule has 4 nitrogen and oxygen atoms in total. The van der Waals surface area contributed by atoms with Crippen molar-refractivity contribution in [2.24, 2.45) is 0 Å². The van der Waals surface area contributed by atoms with Crippen molar-refractivity contribution >= 4 is 6.29 Å². The Hall–Kier alpha value is -1.71. The lowest BCUT2D eigenvalue weighted by atomic mass is 10.2. The second-order valence-corrected chi connectivity index (χ2v) is 3.50. The van der Waals surface area contributed by atoms with E-state index < -0.39 is 0 Å². The molecule has 1 aromatic carbocycles. The molecule has 0 saturated carbocycles. The highest BCUT2D eigenvalue weighted by atomic mass is 16.5. The van der Waals surface area contributed by atoms with Gasteiger partial charge >= 0.3 is 0 Å². The molecule has 88 valence electrons. The van der Waals surface area contributed by atoms with Crippen molar-refractivity contribution in [3.8, 4) is 17.2 Å². The maximum atomic E-state index is 10.9. The molecule has 0 atom stereocenters. The van der Waals surface area contributed by atoms with Crippen LogP contribution in [0.1, 0.15) is 24.2 Å². The van der Waals surface area contributed by atoms with Crippen LogP contribution in [0.15, 0.2) is 12.1 Å². The third-order valence-electron chi connectivity index (χ3n) is 2.01. The molecular weight excluding hydrogens is 208 g/mol. The second-order valence-electron chi connectivity index (χ2n) is 3.50. The van der Waals surface area contributed by atoms with Gasteiger partial charge in [0, 0.05) is 0 Å². The van der Waals surface area contributed by atoms with Gasteiger partial charge in [0.25, 0.3) is 0 Å². The molecule has 0 radical (unpaired) electrons. The maximum absolute atomic E-state index is 10.9. The summed E-state index contributed by atoms with van der Waals surface area (Å²) in [5.74, 6) is 1.41. The number of rotatable bonds is 5. The van der Waals surface area contributed by atoms with E-state index in [1.165, 1.54) is 14.2 Å². The lowest BCUT2D eigenvalue weighted by Crippen LogP contribution is -2.09. The standard InChI is InChI=1S/C12H16O4/c1-8(2)16-11-9(7-13)5-6-10(14-3)12(11)15-4/h5-8H,1-4H3. The number of hydrogen-bond donors (Lipinski definition) is 0. The smallest absolute Gasteiger partial charge is 0.204 e. The van der Waals surface area contributed by atoms with Gasteiger partial charge in [-0.25, -0.2) is 0 Å². The van der Waals surface area contributed by atoms with Gasteiger partial charge in [-0.1, -0.05) is 0 Å². The molecule has 0 heterocycles. The van der Waals surface area contributed by atoms with Crippen LogP contribution in [-0.2, 0) is 0 Å². The van der Waals surface area contributed by atoms with Crippen LogP contribution in [0.4, 0.5) is 0 Å². The first-order valence-electron chi connectivity index (χ1n) is 5.00. The highest BCUT2D eigenvalue weighted by molar-refractivity contribution is 5.82. The van der Waals surface area contributed by atoms with E-state index in [1.807, 2.05) is 13.8 Å². The van der Waals surface area contributed by atoms with Crippen LogP contribution in [0.2, 0.25) is 0 Å². The molecule has 0 amide bonds. The van der Waals surface area contributed by atoms with E-state index in [2.05, 4.69) is 0 Å². The van der Waals surface area contributed by atoms with Crippen molar-refractivity contribution in [3.05, 3.63) is 17.7 Å². The molecule has 0 aliphatic heterocycles. The summed E-state index contributed by atoms with van der Waals surface area (Å²) in [4.78, 5) is 10.9. The van der Waals surface area contributed by atoms with Gasteiger partial charge in [-0.05, 0) is 26.0 Å². The fourth-order valence-corrected chi connectivity index (χ4v) is 1.36. The summed E-state index contributed by atoms with van der Waals surface area (Å²) in [7, 11) is 3.05. The predicted octanol–water partition coefficient (Wildman–Crippen LogP) is 2.30. The first kappa shape index (κ1) is 12.4. The molecule has 0 N–H and O–H groups in total. The van der Waals surface area contributed by atoms with E-state index in [0.717, 1.165) is 6.29 Å². The number of methoxy groups -OCH3 is 2. The minimum absolute atomic E-state index is 0.0419. The van der Waals surface area contributed by atoms with Crippen LogP contribution >= 0.6 is 0 Å². The Labute approximate surface area is 95.1 Å². The fourth-order valence-electron chi connectivity index (χ4n) is 1.36. The Morgan fingerprint density at radius 3 is 2.25 bits per heavy atom. The van der Waals surface area contributed by atoms with Gasteiger partial charge < -0.3 is 14.2 Å². The van der Waals surface area contributed by atoms with E-state index >= 15 is 0 Å². The third-order valence-corrected chi connectivity index (χ3v) is 2.01. The zero-order valence-electron chi connectivity index (χ0n) is 9.94. The molecule has 4 heteroatoms. The average molecular weight is 224 g/mol. The zero-order chi connectivity index (χ0) is 12.1. The Kier molecular flexibility index (Phi) is 4.17. The normalized spacial score (nSPS) is 10.1. The zero-order valence-corrected chi connectivity index (χ0v) is 9.94. The van der Waals surface area contributed by atoms with Gasteiger partial charge in [-0.3, -0.25) is 4.79 Å². The molecule has 0 aliphatic rings. The second kappa shape index (κ2) is 5.39. The largest absolute Gasteiger partial charge is 0.493 e. The summed E-state index contributed by atoms with van der Waals surface area (Å²) < 4.78 is 15.9. The van der Waals surface area contributed by atoms with Crippen LogP contribution in [0.3, 0.4) is 0 Å². The predicted molar refractivity (Wildman–Crippen MR) is 60.7 cm³/mol. The third kappa shape index (κ3) is 2.45. The number of aldehydes is 1. The van der Waals surface area contributed by atoms with E-state index in [0.29, 0.717) is 22.8 Å². The SMILES string of the molecule is COc1ccc(C=O)c(OC(C)C)c1OC. The van der Waals surface area contributed by atoms with Crippen molar-refractivity contribution in [1.82, 2.24) is 0 Å². The molecule has 16 heavy (non-hydrogen) atoms. The van der Waals surface area contributed by atoms with E-state index in [-0.39, 0.29) is 6.10 Å².